The van der Waals surface area contributed by atoms with Crippen molar-refractivity contribution in [2.24, 2.45) is 5.92 Å². The Kier molecular flexibility index (Phi) is 8.06. The van der Waals surface area contributed by atoms with Crippen molar-refractivity contribution in [3.05, 3.63) is 38.8 Å². The predicted molar refractivity (Wildman–Crippen MR) is 125 cm³/mol. The summed E-state index contributed by atoms with van der Waals surface area (Å²) in [6.07, 6.45) is 9.29. The Balaban J connectivity index is 1.80. The van der Waals surface area contributed by atoms with Crippen LogP contribution >= 0.6 is 34.4 Å². The number of hydrogen-bond donors (Lipinski definition) is 0. The molecule has 3 rings (SSSR count). The van der Waals surface area contributed by atoms with Gasteiger partial charge >= 0.3 is 0 Å². The van der Waals surface area contributed by atoms with E-state index in [0.717, 1.165) is 33.7 Å². The van der Waals surface area contributed by atoms with Gasteiger partial charge < -0.3 is 9.47 Å². The van der Waals surface area contributed by atoms with Crippen LogP contribution in [0.25, 0.3) is 6.08 Å². The van der Waals surface area contributed by atoms with Crippen LogP contribution in [0.15, 0.2) is 29.7 Å². The van der Waals surface area contributed by atoms with Gasteiger partial charge in [-0.1, -0.05) is 31.9 Å². The van der Waals surface area contributed by atoms with Crippen molar-refractivity contribution < 1.29 is 19.1 Å². The van der Waals surface area contributed by atoms with E-state index >= 15 is 0 Å². The minimum atomic E-state index is -0.189. The SMILES string of the molecule is C=CCOc1c(I)cc(/C=C2/SC(=O)N(CC3CCCCC3)C2=O)cc1OCC. The Bertz CT molecular complexity index is 817. The van der Waals surface area contributed by atoms with Gasteiger partial charge in [-0.25, -0.2) is 0 Å². The summed E-state index contributed by atoms with van der Waals surface area (Å²) in [5.41, 5.74) is 0.812. The van der Waals surface area contributed by atoms with Crippen molar-refractivity contribution in [2.75, 3.05) is 19.8 Å². The Morgan fingerprint density at radius 3 is 2.69 bits per heavy atom. The fourth-order valence-electron chi connectivity index (χ4n) is 3.65. The number of halogens is 1. The number of benzene rings is 1. The van der Waals surface area contributed by atoms with E-state index in [-0.39, 0.29) is 11.1 Å². The van der Waals surface area contributed by atoms with E-state index in [0.29, 0.717) is 42.1 Å². The molecule has 1 saturated carbocycles. The summed E-state index contributed by atoms with van der Waals surface area (Å²) >= 11 is 3.21. The molecular formula is C22H26INO4S. The molecule has 1 aliphatic heterocycles. The van der Waals surface area contributed by atoms with Crippen molar-refractivity contribution in [2.45, 2.75) is 39.0 Å². The molecule has 1 saturated heterocycles. The maximum Gasteiger partial charge on any atom is 0.293 e. The Hall–Kier alpha value is -1.48. The molecule has 0 spiro atoms. The Morgan fingerprint density at radius 1 is 1.24 bits per heavy atom. The van der Waals surface area contributed by atoms with Crippen molar-refractivity contribution in [3.8, 4) is 11.5 Å². The minimum absolute atomic E-state index is 0.169. The number of thioether (sulfide) groups is 1. The molecule has 0 radical (unpaired) electrons. The predicted octanol–water partition coefficient (Wildman–Crippen LogP) is 5.87. The number of amides is 2. The fraction of sp³-hybridized carbons (Fsp3) is 0.455. The average Bonchev–Trinajstić information content (AvgIpc) is 2.96. The van der Waals surface area contributed by atoms with Crippen LogP contribution in [0.2, 0.25) is 0 Å². The van der Waals surface area contributed by atoms with Crippen LogP contribution in [0, 0.1) is 9.49 Å². The fourth-order valence-corrected chi connectivity index (χ4v) is 5.28. The molecule has 0 atom stereocenters. The van der Waals surface area contributed by atoms with E-state index in [2.05, 4.69) is 29.2 Å². The highest BCUT2D eigenvalue weighted by Crippen LogP contribution is 2.38. The molecule has 29 heavy (non-hydrogen) atoms. The smallest absolute Gasteiger partial charge is 0.293 e. The van der Waals surface area contributed by atoms with Crippen molar-refractivity contribution in [3.63, 3.8) is 0 Å². The van der Waals surface area contributed by atoms with Crippen LogP contribution in [-0.2, 0) is 4.79 Å². The highest BCUT2D eigenvalue weighted by Gasteiger charge is 2.36. The molecule has 2 aliphatic rings. The summed E-state index contributed by atoms with van der Waals surface area (Å²) in [5.74, 6) is 1.53. The van der Waals surface area contributed by atoms with Crippen LogP contribution in [-0.4, -0.2) is 35.8 Å². The average molecular weight is 527 g/mol. The third-order valence-corrected chi connectivity index (χ3v) is 6.72. The summed E-state index contributed by atoms with van der Waals surface area (Å²) in [7, 11) is 0. The molecule has 1 aromatic rings. The normalized spacial score (nSPS) is 19.1. The largest absolute Gasteiger partial charge is 0.490 e. The number of carbonyl (C=O) groups is 2. The second kappa shape index (κ2) is 10.5. The number of nitrogens with zero attached hydrogens (tertiary/aromatic N) is 1. The van der Waals surface area contributed by atoms with Gasteiger partial charge in [0.05, 0.1) is 15.1 Å². The summed E-state index contributed by atoms with van der Waals surface area (Å²) in [4.78, 5) is 27.2. The quantitative estimate of drug-likeness (QED) is 0.241. The first-order valence-electron chi connectivity index (χ1n) is 9.98. The van der Waals surface area contributed by atoms with Gasteiger partial charge in [0.15, 0.2) is 11.5 Å². The lowest BCUT2D eigenvalue weighted by Crippen LogP contribution is -2.34. The van der Waals surface area contributed by atoms with Gasteiger partial charge in [-0.05, 0) is 83.8 Å². The zero-order chi connectivity index (χ0) is 20.8. The number of hydrogen-bond acceptors (Lipinski definition) is 5. The zero-order valence-corrected chi connectivity index (χ0v) is 19.6. The number of rotatable bonds is 8. The number of ether oxygens (including phenoxy) is 2. The topological polar surface area (TPSA) is 55.8 Å². The third kappa shape index (κ3) is 5.57. The molecule has 1 heterocycles. The highest BCUT2D eigenvalue weighted by atomic mass is 127. The van der Waals surface area contributed by atoms with E-state index < -0.39 is 0 Å². The molecule has 0 N–H and O–H groups in total. The van der Waals surface area contributed by atoms with Gasteiger partial charge in [0.1, 0.15) is 6.61 Å². The molecule has 156 valence electrons. The molecule has 0 bridgehead atoms. The Labute approximate surface area is 190 Å². The molecule has 2 amide bonds. The second-order valence-electron chi connectivity index (χ2n) is 7.16. The third-order valence-electron chi connectivity index (χ3n) is 5.01. The maximum absolute atomic E-state index is 12.8. The molecule has 7 heteroatoms. The standard InChI is InChI=1S/C22H26INO4S/c1-3-10-28-20-17(23)11-16(12-18(20)27-4-2)13-19-21(25)24(22(26)29-19)14-15-8-6-5-7-9-15/h3,11-13,15H,1,4-10,14H2,2H3/b19-13+. The summed E-state index contributed by atoms with van der Waals surface area (Å²) in [6.45, 7) is 7.01. The minimum Gasteiger partial charge on any atom is -0.490 e. The van der Waals surface area contributed by atoms with Gasteiger partial charge in [0, 0.05) is 6.54 Å². The van der Waals surface area contributed by atoms with Gasteiger partial charge in [0.2, 0.25) is 0 Å². The van der Waals surface area contributed by atoms with Crippen LogP contribution < -0.4 is 9.47 Å². The highest BCUT2D eigenvalue weighted by molar-refractivity contribution is 14.1. The van der Waals surface area contributed by atoms with Gasteiger partial charge in [-0.3, -0.25) is 14.5 Å². The summed E-state index contributed by atoms with van der Waals surface area (Å²) < 4.78 is 12.3. The lowest BCUT2D eigenvalue weighted by molar-refractivity contribution is -0.123. The lowest BCUT2D eigenvalue weighted by atomic mass is 9.89. The van der Waals surface area contributed by atoms with Crippen LogP contribution in [0.1, 0.15) is 44.6 Å². The van der Waals surface area contributed by atoms with Crippen LogP contribution in [0.3, 0.4) is 0 Å². The van der Waals surface area contributed by atoms with Crippen molar-refractivity contribution >= 4 is 51.6 Å². The number of imide groups is 1. The summed E-state index contributed by atoms with van der Waals surface area (Å²) in [6, 6.07) is 3.77. The molecule has 0 unspecified atom stereocenters. The van der Waals surface area contributed by atoms with Gasteiger partial charge in [-0.2, -0.15) is 0 Å². The van der Waals surface area contributed by atoms with E-state index in [1.165, 1.54) is 24.2 Å². The zero-order valence-electron chi connectivity index (χ0n) is 16.6. The number of carbonyl (C=O) groups excluding carboxylic acids is 2. The molecule has 1 aliphatic carbocycles. The first-order chi connectivity index (χ1) is 14.0. The molecule has 0 aromatic heterocycles. The van der Waals surface area contributed by atoms with Gasteiger partial charge in [-0.15, -0.1) is 0 Å². The maximum atomic E-state index is 12.8. The molecule has 1 aromatic carbocycles. The summed E-state index contributed by atoms with van der Waals surface area (Å²) in [5, 5.41) is -0.169. The molecule has 5 nitrogen and oxygen atoms in total. The van der Waals surface area contributed by atoms with E-state index in [1.54, 1.807) is 12.2 Å². The van der Waals surface area contributed by atoms with Crippen LogP contribution in [0.5, 0.6) is 11.5 Å². The second-order valence-corrected chi connectivity index (χ2v) is 9.31. The van der Waals surface area contributed by atoms with Crippen molar-refractivity contribution in [1.29, 1.82) is 0 Å². The van der Waals surface area contributed by atoms with E-state index in [9.17, 15) is 9.59 Å². The van der Waals surface area contributed by atoms with Crippen molar-refractivity contribution in [1.82, 2.24) is 4.90 Å². The van der Waals surface area contributed by atoms with Crippen LogP contribution in [0.4, 0.5) is 4.79 Å². The van der Waals surface area contributed by atoms with E-state index in [1.807, 2.05) is 19.1 Å². The first-order valence-corrected chi connectivity index (χ1v) is 11.9. The monoisotopic (exact) mass is 527 g/mol. The molecular weight excluding hydrogens is 501 g/mol. The Morgan fingerprint density at radius 2 is 2.00 bits per heavy atom. The van der Waals surface area contributed by atoms with Gasteiger partial charge in [0.25, 0.3) is 11.1 Å². The lowest BCUT2D eigenvalue weighted by Gasteiger charge is -2.25. The first kappa shape index (κ1) is 22.2. The van der Waals surface area contributed by atoms with E-state index in [4.69, 9.17) is 9.47 Å². The molecule has 2 fully saturated rings.